The van der Waals surface area contributed by atoms with E-state index in [2.05, 4.69) is 55.0 Å². The predicted molar refractivity (Wildman–Crippen MR) is 56.2 cm³/mol. The Balaban J connectivity index is 2.39. The lowest BCUT2D eigenvalue weighted by Crippen LogP contribution is -1.78. The van der Waals surface area contributed by atoms with Gasteiger partial charge in [0.15, 0.2) is 0 Å². The van der Waals surface area contributed by atoms with Crippen LogP contribution in [0.4, 0.5) is 0 Å². The fourth-order valence-corrected chi connectivity index (χ4v) is 1.70. The minimum atomic E-state index is 1.32. The fourth-order valence-electron chi connectivity index (χ4n) is 1.70. The van der Waals surface area contributed by atoms with Crippen molar-refractivity contribution >= 4 is 16.3 Å². The van der Waals surface area contributed by atoms with E-state index < -0.39 is 0 Å². The average molecular weight is 165 g/mol. The van der Waals surface area contributed by atoms with Gasteiger partial charge in [-0.15, -0.1) is 0 Å². The van der Waals surface area contributed by atoms with E-state index in [-0.39, 0.29) is 0 Å². The SMILES string of the molecule is [CH]1C=C1c1cccc2ccccc12. The van der Waals surface area contributed by atoms with Crippen molar-refractivity contribution in [2.24, 2.45) is 0 Å². The lowest BCUT2D eigenvalue weighted by molar-refractivity contribution is 1.70. The quantitative estimate of drug-likeness (QED) is 0.607. The molecule has 0 amide bonds. The summed E-state index contributed by atoms with van der Waals surface area (Å²) in [6.45, 7) is 0. The molecular weight excluding hydrogens is 156 g/mol. The summed E-state index contributed by atoms with van der Waals surface area (Å²) in [6.07, 6.45) is 4.31. The topological polar surface area (TPSA) is 0 Å². The van der Waals surface area contributed by atoms with Crippen LogP contribution < -0.4 is 0 Å². The molecule has 0 aromatic heterocycles. The molecule has 0 saturated heterocycles. The van der Waals surface area contributed by atoms with Crippen LogP contribution >= 0.6 is 0 Å². The van der Waals surface area contributed by atoms with Crippen molar-refractivity contribution in [3.63, 3.8) is 0 Å². The van der Waals surface area contributed by atoms with Crippen LogP contribution in [0.15, 0.2) is 48.5 Å². The first-order valence-electron chi connectivity index (χ1n) is 4.48. The lowest BCUT2D eigenvalue weighted by Gasteiger charge is -2.01. The van der Waals surface area contributed by atoms with Crippen LogP contribution in [0, 0.1) is 6.42 Å². The van der Waals surface area contributed by atoms with Crippen molar-refractivity contribution in [2.75, 3.05) is 0 Å². The Morgan fingerprint density at radius 2 is 1.54 bits per heavy atom. The highest BCUT2D eigenvalue weighted by Crippen LogP contribution is 2.34. The van der Waals surface area contributed by atoms with Crippen molar-refractivity contribution in [2.45, 2.75) is 0 Å². The summed E-state index contributed by atoms with van der Waals surface area (Å²) in [4.78, 5) is 0. The van der Waals surface area contributed by atoms with Gasteiger partial charge in [-0.25, -0.2) is 0 Å². The summed E-state index contributed by atoms with van der Waals surface area (Å²) >= 11 is 0. The number of fused-ring (bicyclic) bond motifs is 1. The van der Waals surface area contributed by atoms with E-state index >= 15 is 0 Å². The second kappa shape index (κ2) is 2.46. The molecule has 0 N–H and O–H groups in total. The lowest BCUT2D eigenvalue weighted by atomic mass is 10.0. The second-order valence-corrected chi connectivity index (χ2v) is 3.32. The Kier molecular flexibility index (Phi) is 1.31. The Bertz CT molecular complexity index is 487. The van der Waals surface area contributed by atoms with Gasteiger partial charge >= 0.3 is 0 Å². The second-order valence-electron chi connectivity index (χ2n) is 3.32. The molecule has 0 bridgehead atoms. The Morgan fingerprint density at radius 3 is 2.38 bits per heavy atom. The molecular formula is C13H9. The Labute approximate surface area is 77.5 Å². The number of benzene rings is 2. The van der Waals surface area contributed by atoms with Crippen LogP contribution in [0.25, 0.3) is 16.3 Å². The van der Waals surface area contributed by atoms with Gasteiger partial charge in [-0.3, -0.25) is 0 Å². The van der Waals surface area contributed by atoms with Crippen LogP contribution in [-0.4, -0.2) is 0 Å². The maximum atomic E-state index is 2.18. The molecule has 3 rings (SSSR count). The molecule has 2 aromatic carbocycles. The summed E-state index contributed by atoms with van der Waals surface area (Å²) < 4.78 is 0. The zero-order chi connectivity index (χ0) is 8.67. The van der Waals surface area contributed by atoms with Gasteiger partial charge in [0, 0.05) is 6.42 Å². The summed E-state index contributed by atoms with van der Waals surface area (Å²) in [6, 6.07) is 15.0. The van der Waals surface area contributed by atoms with E-state index in [0.29, 0.717) is 0 Å². The molecule has 0 spiro atoms. The summed E-state index contributed by atoms with van der Waals surface area (Å²) in [5, 5.41) is 2.67. The summed E-state index contributed by atoms with van der Waals surface area (Å²) in [7, 11) is 0. The summed E-state index contributed by atoms with van der Waals surface area (Å²) in [5.74, 6) is 0. The molecule has 0 fully saturated rings. The number of allylic oxidation sites excluding steroid dienone is 2. The molecule has 13 heavy (non-hydrogen) atoms. The Hall–Kier alpha value is -1.56. The monoisotopic (exact) mass is 165 g/mol. The van der Waals surface area contributed by atoms with Gasteiger partial charge < -0.3 is 0 Å². The highest BCUT2D eigenvalue weighted by molar-refractivity contribution is 6.00. The minimum absolute atomic E-state index is 1.32. The third kappa shape index (κ3) is 1.06. The molecule has 0 aliphatic heterocycles. The first-order valence-corrected chi connectivity index (χ1v) is 4.48. The normalized spacial score (nSPS) is 14.3. The zero-order valence-corrected chi connectivity index (χ0v) is 7.20. The van der Waals surface area contributed by atoms with E-state index in [1.807, 2.05) is 0 Å². The van der Waals surface area contributed by atoms with E-state index in [1.165, 1.54) is 21.9 Å². The zero-order valence-electron chi connectivity index (χ0n) is 7.20. The van der Waals surface area contributed by atoms with Crippen molar-refractivity contribution < 1.29 is 0 Å². The molecule has 0 nitrogen and oxygen atoms in total. The van der Waals surface area contributed by atoms with Crippen molar-refractivity contribution in [3.8, 4) is 0 Å². The third-order valence-corrected chi connectivity index (χ3v) is 2.43. The first-order chi connectivity index (χ1) is 6.45. The first kappa shape index (κ1) is 6.90. The largest absolute Gasteiger partial charge is 0.0716 e. The van der Waals surface area contributed by atoms with Gasteiger partial charge in [0.2, 0.25) is 0 Å². The predicted octanol–water partition coefficient (Wildman–Crippen LogP) is 3.44. The van der Waals surface area contributed by atoms with Crippen molar-refractivity contribution in [1.82, 2.24) is 0 Å². The minimum Gasteiger partial charge on any atom is -0.0716 e. The molecule has 1 aliphatic carbocycles. The molecule has 0 heteroatoms. The number of rotatable bonds is 1. The smallest absolute Gasteiger partial charge is 0.0131 e. The molecule has 0 unspecified atom stereocenters. The van der Waals surface area contributed by atoms with E-state index in [1.54, 1.807) is 0 Å². The highest BCUT2D eigenvalue weighted by Gasteiger charge is 2.12. The van der Waals surface area contributed by atoms with Crippen LogP contribution in [0.5, 0.6) is 0 Å². The highest BCUT2D eigenvalue weighted by atomic mass is 14.2. The standard InChI is InChI=1S/C13H9/c1-2-6-12-10(4-1)5-3-7-13(12)11-8-9-11/h1-9H. The van der Waals surface area contributed by atoms with Crippen LogP contribution in [0.2, 0.25) is 0 Å². The van der Waals surface area contributed by atoms with E-state index in [4.69, 9.17) is 0 Å². The van der Waals surface area contributed by atoms with Crippen molar-refractivity contribution in [3.05, 3.63) is 60.5 Å². The fraction of sp³-hybridized carbons (Fsp3) is 0. The molecule has 0 atom stereocenters. The maximum absolute atomic E-state index is 2.18. The molecule has 1 radical (unpaired) electrons. The van der Waals surface area contributed by atoms with Crippen LogP contribution in [-0.2, 0) is 0 Å². The van der Waals surface area contributed by atoms with Gasteiger partial charge in [0.25, 0.3) is 0 Å². The van der Waals surface area contributed by atoms with Crippen LogP contribution in [0.1, 0.15) is 5.56 Å². The van der Waals surface area contributed by atoms with Gasteiger partial charge in [0.05, 0.1) is 0 Å². The molecule has 61 valence electrons. The van der Waals surface area contributed by atoms with Crippen molar-refractivity contribution in [1.29, 1.82) is 0 Å². The van der Waals surface area contributed by atoms with Crippen LogP contribution in [0.3, 0.4) is 0 Å². The number of hydrogen-bond acceptors (Lipinski definition) is 0. The van der Waals surface area contributed by atoms with Gasteiger partial charge in [0.1, 0.15) is 0 Å². The Morgan fingerprint density at radius 1 is 0.769 bits per heavy atom. The average Bonchev–Trinajstić information content (AvgIpc) is 3.00. The van der Waals surface area contributed by atoms with E-state index in [0.717, 1.165) is 0 Å². The van der Waals surface area contributed by atoms with Gasteiger partial charge in [-0.05, 0) is 21.9 Å². The summed E-state index contributed by atoms with van der Waals surface area (Å²) in [5.41, 5.74) is 2.73. The van der Waals surface area contributed by atoms with E-state index in [9.17, 15) is 0 Å². The molecule has 0 saturated carbocycles. The third-order valence-electron chi connectivity index (χ3n) is 2.43. The molecule has 0 heterocycles. The van der Waals surface area contributed by atoms with Gasteiger partial charge in [-0.1, -0.05) is 48.5 Å². The molecule has 1 aliphatic rings. The maximum Gasteiger partial charge on any atom is 0.0131 e. The number of hydrogen-bond donors (Lipinski definition) is 0. The van der Waals surface area contributed by atoms with Gasteiger partial charge in [-0.2, -0.15) is 0 Å². The molecule has 2 aromatic rings.